The summed E-state index contributed by atoms with van der Waals surface area (Å²) in [4.78, 5) is 15.5. The van der Waals surface area contributed by atoms with Gasteiger partial charge in [0.25, 0.3) is 0 Å². The third kappa shape index (κ3) is 2.21. The van der Waals surface area contributed by atoms with Crippen LogP contribution in [0.4, 0.5) is 0 Å². The van der Waals surface area contributed by atoms with E-state index < -0.39 is 5.97 Å². The van der Waals surface area contributed by atoms with Gasteiger partial charge in [0.2, 0.25) is 0 Å². The zero-order chi connectivity index (χ0) is 13.4. The Morgan fingerprint density at radius 1 is 1.58 bits per heavy atom. The minimum Gasteiger partial charge on any atom is -0.478 e. The summed E-state index contributed by atoms with van der Waals surface area (Å²) in [6.45, 7) is 3.50. The Morgan fingerprint density at radius 3 is 3.11 bits per heavy atom. The fourth-order valence-corrected chi connectivity index (χ4v) is 2.60. The Kier molecular flexibility index (Phi) is 2.98. The molecule has 2 aromatic rings. The van der Waals surface area contributed by atoms with E-state index in [2.05, 4.69) is 9.55 Å². The van der Waals surface area contributed by atoms with E-state index in [-0.39, 0.29) is 6.10 Å². The van der Waals surface area contributed by atoms with Crippen LogP contribution in [0.25, 0.3) is 11.0 Å². The van der Waals surface area contributed by atoms with Gasteiger partial charge in [-0.25, -0.2) is 9.78 Å². The first-order chi connectivity index (χ1) is 9.15. The van der Waals surface area contributed by atoms with Crippen LogP contribution in [0.15, 0.2) is 18.2 Å². The van der Waals surface area contributed by atoms with Crippen LogP contribution in [0.3, 0.4) is 0 Å². The Balaban J connectivity index is 2.03. The van der Waals surface area contributed by atoms with Crippen LogP contribution in [0, 0.1) is 6.92 Å². The lowest BCUT2D eigenvalue weighted by molar-refractivity contribution is 0.0697. The Morgan fingerprint density at radius 2 is 2.42 bits per heavy atom. The van der Waals surface area contributed by atoms with E-state index in [1.165, 1.54) is 0 Å². The average molecular weight is 260 g/mol. The Bertz CT molecular complexity index is 627. The zero-order valence-corrected chi connectivity index (χ0v) is 10.8. The number of carboxylic acid groups (broad SMARTS) is 1. The second-order valence-corrected chi connectivity index (χ2v) is 4.91. The van der Waals surface area contributed by atoms with Gasteiger partial charge in [0.05, 0.1) is 29.2 Å². The van der Waals surface area contributed by atoms with Gasteiger partial charge in [0.1, 0.15) is 5.82 Å². The van der Waals surface area contributed by atoms with E-state index in [1.807, 2.05) is 6.92 Å². The molecule has 0 amide bonds. The second-order valence-electron chi connectivity index (χ2n) is 4.91. The molecular weight excluding hydrogens is 244 g/mol. The predicted octanol–water partition coefficient (Wildman–Crippen LogP) is 2.22. The van der Waals surface area contributed by atoms with Crippen LogP contribution < -0.4 is 0 Å². The van der Waals surface area contributed by atoms with Crippen LogP contribution >= 0.6 is 0 Å². The molecule has 0 saturated carbocycles. The molecule has 1 aromatic heterocycles. The molecule has 100 valence electrons. The first-order valence-corrected chi connectivity index (χ1v) is 6.47. The molecular formula is C14H16N2O3. The molecule has 3 rings (SSSR count). The predicted molar refractivity (Wildman–Crippen MR) is 70.4 cm³/mol. The molecule has 2 heterocycles. The topological polar surface area (TPSA) is 64.3 Å². The Hall–Kier alpha value is -1.88. The lowest BCUT2D eigenvalue weighted by Gasteiger charge is -2.12. The number of aromatic carboxylic acids is 1. The number of aromatic nitrogens is 2. The first kappa shape index (κ1) is 12.2. The van der Waals surface area contributed by atoms with Gasteiger partial charge in [-0.15, -0.1) is 0 Å². The van der Waals surface area contributed by atoms with Crippen molar-refractivity contribution in [3.63, 3.8) is 0 Å². The fourth-order valence-electron chi connectivity index (χ4n) is 2.60. The molecule has 1 fully saturated rings. The summed E-state index contributed by atoms with van der Waals surface area (Å²) in [6.07, 6.45) is 2.36. The van der Waals surface area contributed by atoms with Crippen molar-refractivity contribution < 1.29 is 14.6 Å². The second kappa shape index (κ2) is 4.66. The summed E-state index contributed by atoms with van der Waals surface area (Å²) >= 11 is 0. The van der Waals surface area contributed by atoms with E-state index in [0.717, 1.165) is 42.9 Å². The maximum Gasteiger partial charge on any atom is 0.335 e. The Labute approximate surface area is 110 Å². The van der Waals surface area contributed by atoms with Gasteiger partial charge in [-0.2, -0.15) is 0 Å². The fraction of sp³-hybridized carbons (Fsp3) is 0.429. The highest BCUT2D eigenvalue weighted by Gasteiger charge is 2.19. The first-order valence-electron chi connectivity index (χ1n) is 6.47. The van der Waals surface area contributed by atoms with Crippen molar-refractivity contribution >= 4 is 17.0 Å². The van der Waals surface area contributed by atoms with Crippen molar-refractivity contribution in [2.45, 2.75) is 32.4 Å². The van der Waals surface area contributed by atoms with Crippen molar-refractivity contribution in [1.82, 2.24) is 9.55 Å². The van der Waals surface area contributed by atoms with Crippen molar-refractivity contribution in [2.24, 2.45) is 0 Å². The van der Waals surface area contributed by atoms with Crippen molar-refractivity contribution in [1.29, 1.82) is 0 Å². The summed E-state index contributed by atoms with van der Waals surface area (Å²) in [5.41, 5.74) is 1.99. The normalized spacial score (nSPS) is 19.1. The molecule has 1 saturated heterocycles. The lowest BCUT2D eigenvalue weighted by Crippen LogP contribution is -2.16. The third-order valence-electron chi connectivity index (χ3n) is 3.60. The van der Waals surface area contributed by atoms with Gasteiger partial charge in [0, 0.05) is 6.61 Å². The van der Waals surface area contributed by atoms with E-state index in [1.54, 1.807) is 18.2 Å². The molecule has 5 nitrogen and oxygen atoms in total. The number of imidazole rings is 1. The molecule has 19 heavy (non-hydrogen) atoms. The van der Waals surface area contributed by atoms with Gasteiger partial charge >= 0.3 is 5.97 Å². The summed E-state index contributed by atoms with van der Waals surface area (Å²) < 4.78 is 7.70. The molecule has 0 aliphatic carbocycles. The molecule has 0 spiro atoms. The minimum absolute atomic E-state index is 0.213. The number of benzene rings is 1. The summed E-state index contributed by atoms with van der Waals surface area (Å²) in [6, 6.07) is 5.04. The van der Waals surface area contributed by atoms with Crippen LogP contribution in [-0.2, 0) is 11.3 Å². The monoisotopic (exact) mass is 260 g/mol. The summed E-state index contributed by atoms with van der Waals surface area (Å²) in [5, 5.41) is 9.07. The van der Waals surface area contributed by atoms with Crippen LogP contribution in [0.1, 0.15) is 29.0 Å². The van der Waals surface area contributed by atoms with E-state index in [4.69, 9.17) is 9.84 Å². The molecule has 0 radical (unpaired) electrons. The maximum atomic E-state index is 11.1. The molecule has 0 bridgehead atoms. The molecule has 1 atom stereocenters. The maximum absolute atomic E-state index is 11.1. The minimum atomic E-state index is -0.913. The van der Waals surface area contributed by atoms with Crippen LogP contribution in [-0.4, -0.2) is 33.3 Å². The standard InChI is InChI=1S/C14H16N2O3/c1-9-15-12-5-4-10(14(17)18)7-13(12)16(9)8-11-3-2-6-19-11/h4-5,7,11H,2-3,6,8H2,1H3,(H,17,18). The zero-order valence-electron chi connectivity index (χ0n) is 10.8. The number of carboxylic acids is 1. The van der Waals surface area contributed by atoms with Gasteiger partial charge in [-0.05, 0) is 38.0 Å². The SMILES string of the molecule is Cc1nc2ccc(C(=O)O)cc2n1CC1CCCO1. The highest BCUT2D eigenvalue weighted by Crippen LogP contribution is 2.21. The number of carbonyl (C=O) groups is 1. The van der Waals surface area contributed by atoms with Crippen LogP contribution in [0.5, 0.6) is 0 Å². The summed E-state index contributed by atoms with van der Waals surface area (Å²) in [5.74, 6) is -0.0162. The van der Waals surface area contributed by atoms with E-state index in [0.29, 0.717) is 5.56 Å². The van der Waals surface area contributed by atoms with E-state index in [9.17, 15) is 4.79 Å². The largest absolute Gasteiger partial charge is 0.478 e. The highest BCUT2D eigenvalue weighted by molar-refractivity contribution is 5.92. The van der Waals surface area contributed by atoms with Gasteiger partial charge in [0.15, 0.2) is 0 Å². The quantitative estimate of drug-likeness (QED) is 0.919. The van der Waals surface area contributed by atoms with Crippen LogP contribution in [0.2, 0.25) is 0 Å². The highest BCUT2D eigenvalue weighted by atomic mass is 16.5. The van der Waals surface area contributed by atoms with Crippen molar-refractivity contribution in [2.75, 3.05) is 6.61 Å². The lowest BCUT2D eigenvalue weighted by atomic mass is 10.2. The number of nitrogens with zero attached hydrogens (tertiary/aromatic N) is 2. The molecule has 1 aliphatic rings. The van der Waals surface area contributed by atoms with Crippen molar-refractivity contribution in [3.8, 4) is 0 Å². The number of fused-ring (bicyclic) bond motifs is 1. The average Bonchev–Trinajstić information content (AvgIpc) is 2.98. The molecule has 1 aliphatic heterocycles. The summed E-state index contributed by atoms with van der Waals surface area (Å²) in [7, 11) is 0. The number of hydrogen-bond donors (Lipinski definition) is 1. The van der Waals surface area contributed by atoms with Gasteiger partial charge in [-0.1, -0.05) is 0 Å². The van der Waals surface area contributed by atoms with E-state index >= 15 is 0 Å². The van der Waals surface area contributed by atoms with Crippen molar-refractivity contribution in [3.05, 3.63) is 29.6 Å². The number of hydrogen-bond acceptors (Lipinski definition) is 3. The number of rotatable bonds is 3. The third-order valence-corrected chi connectivity index (χ3v) is 3.60. The molecule has 1 N–H and O–H groups in total. The van der Waals surface area contributed by atoms with Gasteiger partial charge in [-0.3, -0.25) is 0 Å². The molecule has 5 heteroatoms. The molecule has 1 unspecified atom stereocenters. The smallest absolute Gasteiger partial charge is 0.335 e. The number of ether oxygens (including phenoxy) is 1. The number of aryl methyl sites for hydroxylation is 1. The molecule has 1 aromatic carbocycles. The van der Waals surface area contributed by atoms with Gasteiger partial charge < -0.3 is 14.4 Å².